The van der Waals surface area contributed by atoms with E-state index in [0.29, 0.717) is 54.9 Å². The number of carbonyl (C=O) groups is 2. The van der Waals surface area contributed by atoms with E-state index in [2.05, 4.69) is 10.6 Å². The van der Waals surface area contributed by atoms with E-state index < -0.39 is 0 Å². The molecule has 1 atom stereocenters. The van der Waals surface area contributed by atoms with Gasteiger partial charge in [0.1, 0.15) is 10.7 Å². The van der Waals surface area contributed by atoms with Crippen LogP contribution < -0.4 is 10.6 Å². The molecule has 1 saturated heterocycles. The van der Waals surface area contributed by atoms with Crippen LogP contribution in [0.4, 0.5) is 5.69 Å². The third kappa shape index (κ3) is 4.78. The molecule has 0 radical (unpaired) electrons. The Morgan fingerprint density at radius 3 is 2.81 bits per heavy atom. The summed E-state index contributed by atoms with van der Waals surface area (Å²) >= 11 is 1.45. The molecule has 2 amide bonds. The lowest BCUT2D eigenvalue weighted by Gasteiger charge is -2.23. The van der Waals surface area contributed by atoms with Gasteiger partial charge in [-0.25, -0.2) is 0 Å². The van der Waals surface area contributed by atoms with Gasteiger partial charge in [-0.1, -0.05) is 12.1 Å². The van der Waals surface area contributed by atoms with Crippen molar-refractivity contribution in [1.82, 2.24) is 5.32 Å². The Kier molecular flexibility index (Phi) is 6.54. The highest BCUT2D eigenvalue weighted by Crippen LogP contribution is 2.27. The zero-order chi connectivity index (χ0) is 18.4. The molecule has 1 aromatic rings. The number of amides is 2. The maximum Gasteiger partial charge on any atom is 0.265 e. The lowest BCUT2D eigenvalue weighted by Crippen LogP contribution is -2.39. The van der Waals surface area contributed by atoms with Crippen molar-refractivity contribution < 1.29 is 23.8 Å². The van der Waals surface area contributed by atoms with Crippen molar-refractivity contribution in [2.75, 3.05) is 44.0 Å². The molecule has 0 spiro atoms. The second-order valence-electron chi connectivity index (χ2n) is 5.86. The molecule has 2 N–H and O–H groups in total. The SMILES string of the molecule is CC1=C(C(=O)Nc2ccccc2C(=O)NC[C@@H]2COCCO2)SCCO1. The molecule has 0 saturated carbocycles. The summed E-state index contributed by atoms with van der Waals surface area (Å²) < 4.78 is 16.3. The van der Waals surface area contributed by atoms with Gasteiger partial charge < -0.3 is 24.8 Å². The zero-order valence-electron chi connectivity index (χ0n) is 14.6. The molecule has 2 aliphatic heterocycles. The third-order valence-electron chi connectivity index (χ3n) is 3.97. The van der Waals surface area contributed by atoms with Gasteiger partial charge in [-0.15, -0.1) is 11.8 Å². The molecule has 0 unspecified atom stereocenters. The van der Waals surface area contributed by atoms with Crippen LogP contribution in [0.1, 0.15) is 17.3 Å². The van der Waals surface area contributed by atoms with Crippen LogP contribution in [-0.4, -0.2) is 56.6 Å². The quantitative estimate of drug-likeness (QED) is 0.812. The Morgan fingerprint density at radius 1 is 1.19 bits per heavy atom. The van der Waals surface area contributed by atoms with E-state index in [9.17, 15) is 9.59 Å². The Labute approximate surface area is 156 Å². The number of para-hydroxylation sites is 1. The van der Waals surface area contributed by atoms with Crippen molar-refractivity contribution in [3.05, 3.63) is 40.5 Å². The first-order valence-electron chi connectivity index (χ1n) is 8.49. The molecule has 0 aliphatic carbocycles. The monoisotopic (exact) mass is 378 g/mol. The maximum absolute atomic E-state index is 12.5. The second-order valence-corrected chi connectivity index (χ2v) is 6.96. The summed E-state index contributed by atoms with van der Waals surface area (Å²) in [5, 5.41) is 5.65. The number of hydrogen-bond acceptors (Lipinski definition) is 6. The topological polar surface area (TPSA) is 85.9 Å². The number of thioether (sulfide) groups is 1. The average molecular weight is 378 g/mol. The van der Waals surface area contributed by atoms with E-state index >= 15 is 0 Å². The van der Waals surface area contributed by atoms with Gasteiger partial charge in [0.2, 0.25) is 0 Å². The second kappa shape index (κ2) is 9.07. The Balaban J connectivity index is 1.65. The minimum Gasteiger partial charge on any atom is -0.496 e. The number of rotatable bonds is 5. The van der Waals surface area contributed by atoms with E-state index in [-0.39, 0.29) is 17.9 Å². The van der Waals surface area contributed by atoms with E-state index in [4.69, 9.17) is 14.2 Å². The van der Waals surface area contributed by atoms with Crippen molar-refractivity contribution in [2.45, 2.75) is 13.0 Å². The fourth-order valence-corrected chi connectivity index (χ4v) is 3.47. The standard InChI is InChI=1S/C18H22N2O5S/c1-12-16(26-9-8-24-12)18(22)20-15-5-3-2-4-14(15)17(21)19-10-13-11-23-6-7-25-13/h2-5,13H,6-11H2,1H3,(H,19,21)(H,20,22)/t13-/m1/s1. The highest BCUT2D eigenvalue weighted by atomic mass is 32.2. The summed E-state index contributed by atoms with van der Waals surface area (Å²) in [6.07, 6.45) is -0.155. The Hall–Kier alpha value is -2.03. The zero-order valence-corrected chi connectivity index (χ0v) is 15.4. The van der Waals surface area contributed by atoms with Crippen molar-refractivity contribution in [1.29, 1.82) is 0 Å². The van der Waals surface area contributed by atoms with Gasteiger partial charge in [0.15, 0.2) is 0 Å². The van der Waals surface area contributed by atoms with Crippen LogP contribution >= 0.6 is 11.8 Å². The smallest absolute Gasteiger partial charge is 0.265 e. The molecule has 2 heterocycles. The van der Waals surface area contributed by atoms with Crippen LogP contribution in [0.25, 0.3) is 0 Å². The maximum atomic E-state index is 12.5. The largest absolute Gasteiger partial charge is 0.496 e. The van der Waals surface area contributed by atoms with Crippen LogP contribution in [0, 0.1) is 0 Å². The fraction of sp³-hybridized carbons (Fsp3) is 0.444. The van der Waals surface area contributed by atoms with Crippen LogP contribution in [-0.2, 0) is 19.0 Å². The number of carbonyl (C=O) groups excluding carboxylic acids is 2. The highest BCUT2D eigenvalue weighted by molar-refractivity contribution is 8.04. The third-order valence-corrected chi connectivity index (χ3v) is 5.10. The van der Waals surface area contributed by atoms with Crippen molar-refractivity contribution in [3.8, 4) is 0 Å². The van der Waals surface area contributed by atoms with Gasteiger partial charge in [-0.3, -0.25) is 9.59 Å². The predicted molar refractivity (Wildman–Crippen MR) is 99.1 cm³/mol. The lowest BCUT2D eigenvalue weighted by atomic mass is 10.1. The van der Waals surface area contributed by atoms with E-state index in [1.165, 1.54) is 11.8 Å². The number of ether oxygens (including phenoxy) is 3. The van der Waals surface area contributed by atoms with Gasteiger partial charge in [-0.05, 0) is 19.1 Å². The first-order valence-corrected chi connectivity index (χ1v) is 9.48. The minimum absolute atomic E-state index is 0.155. The summed E-state index contributed by atoms with van der Waals surface area (Å²) in [5.74, 6) is 0.797. The lowest BCUT2D eigenvalue weighted by molar-refractivity contribution is -0.112. The molecule has 3 rings (SSSR count). The summed E-state index contributed by atoms with van der Waals surface area (Å²) in [5.41, 5.74) is 0.861. The van der Waals surface area contributed by atoms with Gasteiger partial charge in [0.05, 0.1) is 43.8 Å². The molecular formula is C18H22N2O5S. The predicted octanol–water partition coefficient (Wildman–Crippen LogP) is 1.77. The van der Waals surface area contributed by atoms with E-state index in [0.717, 1.165) is 5.75 Å². The Bertz CT molecular complexity index is 701. The number of hydrogen-bond donors (Lipinski definition) is 2. The summed E-state index contributed by atoms with van der Waals surface area (Å²) in [7, 11) is 0. The first kappa shape index (κ1) is 18.8. The molecule has 8 heteroatoms. The molecule has 140 valence electrons. The summed E-state index contributed by atoms with van der Waals surface area (Å²) in [6, 6.07) is 6.91. The van der Waals surface area contributed by atoms with Gasteiger partial charge in [-0.2, -0.15) is 0 Å². The molecular weight excluding hydrogens is 356 g/mol. The molecule has 1 fully saturated rings. The molecule has 0 aromatic heterocycles. The van der Waals surface area contributed by atoms with Gasteiger partial charge in [0, 0.05) is 12.3 Å². The number of benzene rings is 1. The van der Waals surface area contributed by atoms with E-state index in [1.54, 1.807) is 31.2 Å². The Morgan fingerprint density at radius 2 is 2.04 bits per heavy atom. The van der Waals surface area contributed by atoms with Crippen molar-refractivity contribution in [3.63, 3.8) is 0 Å². The minimum atomic E-state index is -0.270. The van der Waals surface area contributed by atoms with Crippen LogP contribution in [0.5, 0.6) is 0 Å². The molecule has 0 bridgehead atoms. The summed E-state index contributed by atoms with van der Waals surface area (Å²) in [4.78, 5) is 25.6. The van der Waals surface area contributed by atoms with Crippen molar-refractivity contribution in [2.24, 2.45) is 0 Å². The van der Waals surface area contributed by atoms with Crippen LogP contribution in [0.3, 0.4) is 0 Å². The molecule has 1 aromatic carbocycles. The van der Waals surface area contributed by atoms with Gasteiger partial charge >= 0.3 is 0 Å². The van der Waals surface area contributed by atoms with Crippen molar-refractivity contribution >= 4 is 29.3 Å². The highest BCUT2D eigenvalue weighted by Gasteiger charge is 2.21. The molecule has 2 aliphatic rings. The molecule has 7 nitrogen and oxygen atoms in total. The number of nitrogens with one attached hydrogen (secondary N) is 2. The molecule has 26 heavy (non-hydrogen) atoms. The first-order chi connectivity index (χ1) is 12.6. The number of anilines is 1. The number of allylic oxidation sites excluding steroid dienone is 1. The fourth-order valence-electron chi connectivity index (χ4n) is 2.66. The normalized spacial score (nSPS) is 20.3. The van der Waals surface area contributed by atoms with Crippen LogP contribution in [0.15, 0.2) is 34.9 Å². The van der Waals surface area contributed by atoms with E-state index in [1.807, 2.05) is 0 Å². The average Bonchev–Trinajstić information content (AvgIpc) is 2.67. The van der Waals surface area contributed by atoms with Crippen LogP contribution in [0.2, 0.25) is 0 Å². The summed E-state index contributed by atoms with van der Waals surface area (Å²) in [6.45, 7) is 4.29. The van der Waals surface area contributed by atoms with Gasteiger partial charge in [0.25, 0.3) is 11.8 Å².